The van der Waals surface area contributed by atoms with Gasteiger partial charge in [0, 0.05) is 5.02 Å². The summed E-state index contributed by atoms with van der Waals surface area (Å²) in [5.41, 5.74) is 0.713. The molecule has 1 aromatic carbocycles. The van der Waals surface area contributed by atoms with Crippen LogP contribution in [0.2, 0.25) is 5.02 Å². The number of nitrogens with zero attached hydrogens (tertiary/aromatic N) is 4. The molecule has 0 saturated carbocycles. The molecule has 0 unspecified atom stereocenters. The molecule has 2 rings (SSSR count). The lowest BCUT2D eigenvalue weighted by atomic mass is 10.3. The highest BCUT2D eigenvalue weighted by atomic mass is 35.5. The normalized spacial score (nSPS) is 10.1. The smallest absolute Gasteiger partial charge is 0.144 e. The quantitative estimate of drug-likeness (QED) is 0.750. The summed E-state index contributed by atoms with van der Waals surface area (Å²) in [6, 6.07) is 5.24. The molecule has 1 heterocycles. The van der Waals surface area contributed by atoms with Crippen molar-refractivity contribution in [3.05, 3.63) is 29.5 Å². The van der Waals surface area contributed by atoms with Crippen LogP contribution in [0.1, 0.15) is 0 Å². The van der Waals surface area contributed by atoms with Crippen molar-refractivity contribution in [3.8, 4) is 11.4 Å². The van der Waals surface area contributed by atoms with Crippen molar-refractivity contribution in [3.63, 3.8) is 0 Å². The number of methoxy groups -OCH3 is 1. The number of hydrogen-bond donors (Lipinski definition) is 0. The monoisotopic (exact) mass is 210 g/mol. The highest BCUT2D eigenvalue weighted by molar-refractivity contribution is 6.30. The predicted octanol–water partition coefficient (Wildman–Crippen LogP) is 1.32. The lowest BCUT2D eigenvalue weighted by Gasteiger charge is -2.06. The van der Waals surface area contributed by atoms with Gasteiger partial charge >= 0.3 is 0 Å². The molecule has 0 N–H and O–H groups in total. The Bertz CT molecular complexity index is 429. The topological polar surface area (TPSA) is 52.8 Å². The summed E-state index contributed by atoms with van der Waals surface area (Å²) in [5.74, 6) is 0.668. The first-order valence-corrected chi connectivity index (χ1v) is 4.26. The molecule has 0 amide bonds. The Labute approximate surface area is 85.3 Å². The van der Waals surface area contributed by atoms with Crippen molar-refractivity contribution in [2.45, 2.75) is 0 Å². The number of hydrogen-bond acceptors (Lipinski definition) is 4. The summed E-state index contributed by atoms with van der Waals surface area (Å²) >= 11 is 5.85. The summed E-state index contributed by atoms with van der Waals surface area (Å²) in [6.45, 7) is 0. The van der Waals surface area contributed by atoms with Gasteiger partial charge in [-0.3, -0.25) is 0 Å². The van der Waals surface area contributed by atoms with Gasteiger partial charge in [-0.25, -0.2) is 0 Å². The molecule has 0 aliphatic carbocycles. The number of benzene rings is 1. The van der Waals surface area contributed by atoms with Crippen molar-refractivity contribution < 1.29 is 4.74 Å². The molecule has 14 heavy (non-hydrogen) atoms. The summed E-state index contributed by atoms with van der Waals surface area (Å²) < 4.78 is 6.64. The summed E-state index contributed by atoms with van der Waals surface area (Å²) in [5, 5.41) is 11.4. The van der Waals surface area contributed by atoms with Gasteiger partial charge in [-0.2, -0.15) is 4.68 Å². The first-order valence-electron chi connectivity index (χ1n) is 3.88. The molecule has 0 saturated heterocycles. The van der Waals surface area contributed by atoms with E-state index in [-0.39, 0.29) is 0 Å². The maximum atomic E-state index is 5.85. The highest BCUT2D eigenvalue weighted by Crippen LogP contribution is 2.24. The average Bonchev–Trinajstić information content (AvgIpc) is 2.70. The largest absolute Gasteiger partial charge is 0.494 e. The molecule has 0 bridgehead atoms. The molecular weight excluding hydrogens is 204 g/mol. The zero-order chi connectivity index (χ0) is 9.97. The SMILES string of the molecule is COc1ccc(Cl)cc1-n1cnnn1. The van der Waals surface area contributed by atoms with Gasteiger partial charge in [0.15, 0.2) is 0 Å². The maximum Gasteiger partial charge on any atom is 0.144 e. The van der Waals surface area contributed by atoms with Crippen LogP contribution in [0.5, 0.6) is 5.75 Å². The lowest BCUT2D eigenvalue weighted by Crippen LogP contribution is -1.98. The fraction of sp³-hybridized carbons (Fsp3) is 0.125. The average molecular weight is 211 g/mol. The third-order valence-electron chi connectivity index (χ3n) is 1.74. The van der Waals surface area contributed by atoms with Crippen LogP contribution in [0, 0.1) is 0 Å². The fourth-order valence-corrected chi connectivity index (χ4v) is 1.28. The Balaban J connectivity index is 2.55. The molecule has 0 aliphatic rings. The minimum Gasteiger partial charge on any atom is -0.494 e. The Hall–Kier alpha value is -1.62. The minimum absolute atomic E-state index is 0.608. The molecule has 0 fully saturated rings. The van der Waals surface area contributed by atoms with E-state index in [2.05, 4.69) is 15.5 Å². The molecule has 1 aromatic heterocycles. The van der Waals surface area contributed by atoms with Crippen LogP contribution in [0.25, 0.3) is 5.69 Å². The van der Waals surface area contributed by atoms with Crippen molar-refractivity contribution in [1.29, 1.82) is 0 Å². The van der Waals surface area contributed by atoms with Crippen molar-refractivity contribution in [2.24, 2.45) is 0 Å². The number of ether oxygens (including phenoxy) is 1. The fourth-order valence-electron chi connectivity index (χ4n) is 1.11. The highest BCUT2D eigenvalue weighted by Gasteiger charge is 2.06. The molecular formula is C8H7ClN4O. The van der Waals surface area contributed by atoms with Gasteiger partial charge in [-0.05, 0) is 28.6 Å². The third-order valence-corrected chi connectivity index (χ3v) is 1.97. The van der Waals surface area contributed by atoms with E-state index >= 15 is 0 Å². The van der Waals surface area contributed by atoms with E-state index in [1.807, 2.05) is 0 Å². The van der Waals surface area contributed by atoms with Crippen LogP contribution in [-0.4, -0.2) is 27.3 Å². The third kappa shape index (κ3) is 1.54. The Kier molecular flexibility index (Phi) is 2.32. The van der Waals surface area contributed by atoms with E-state index in [1.54, 1.807) is 25.3 Å². The zero-order valence-electron chi connectivity index (χ0n) is 7.38. The van der Waals surface area contributed by atoms with E-state index in [4.69, 9.17) is 16.3 Å². The first kappa shape index (κ1) is 8.96. The van der Waals surface area contributed by atoms with Crippen molar-refractivity contribution in [1.82, 2.24) is 20.2 Å². The predicted molar refractivity (Wildman–Crippen MR) is 50.7 cm³/mol. The van der Waals surface area contributed by atoms with Crippen LogP contribution < -0.4 is 4.74 Å². The van der Waals surface area contributed by atoms with E-state index < -0.39 is 0 Å². The standard InChI is InChI=1S/C8H7ClN4O/c1-14-8-3-2-6(9)4-7(8)13-5-10-11-12-13/h2-5H,1H3. The molecule has 5 nitrogen and oxygen atoms in total. The number of halogens is 1. The second-order valence-corrected chi connectivity index (χ2v) is 3.01. The van der Waals surface area contributed by atoms with Gasteiger partial charge in [0.1, 0.15) is 17.8 Å². The zero-order valence-corrected chi connectivity index (χ0v) is 8.14. The van der Waals surface area contributed by atoms with Crippen LogP contribution in [-0.2, 0) is 0 Å². The molecule has 0 aliphatic heterocycles. The van der Waals surface area contributed by atoms with E-state index in [1.165, 1.54) is 11.0 Å². The summed E-state index contributed by atoms with van der Waals surface area (Å²) in [7, 11) is 1.58. The van der Waals surface area contributed by atoms with E-state index in [9.17, 15) is 0 Å². The number of aromatic nitrogens is 4. The van der Waals surface area contributed by atoms with Crippen molar-refractivity contribution >= 4 is 11.6 Å². The van der Waals surface area contributed by atoms with E-state index in [0.29, 0.717) is 16.5 Å². The molecule has 6 heteroatoms. The van der Waals surface area contributed by atoms with Gasteiger partial charge < -0.3 is 4.74 Å². The molecule has 0 radical (unpaired) electrons. The maximum absolute atomic E-state index is 5.85. The van der Waals surface area contributed by atoms with Gasteiger partial charge in [0.05, 0.1) is 7.11 Å². The number of tetrazole rings is 1. The molecule has 2 aromatic rings. The molecule has 0 atom stereocenters. The van der Waals surface area contributed by atoms with Gasteiger partial charge in [-0.1, -0.05) is 11.6 Å². The van der Waals surface area contributed by atoms with E-state index in [0.717, 1.165) is 0 Å². The first-order chi connectivity index (χ1) is 6.81. The van der Waals surface area contributed by atoms with Gasteiger partial charge in [-0.15, -0.1) is 5.10 Å². The second-order valence-electron chi connectivity index (χ2n) is 2.57. The Morgan fingerprint density at radius 1 is 1.43 bits per heavy atom. The second kappa shape index (κ2) is 3.63. The summed E-state index contributed by atoms with van der Waals surface area (Å²) in [6.07, 6.45) is 1.48. The Morgan fingerprint density at radius 2 is 2.29 bits per heavy atom. The van der Waals surface area contributed by atoms with Crippen molar-refractivity contribution in [2.75, 3.05) is 7.11 Å². The van der Waals surface area contributed by atoms with Gasteiger partial charge in [0.2, 0.25) is 0 Å². The Morgan fingerprint density at radius 3 is 2.93 bits per heavy atom. The lowest BCUT2D eigenvalue weighted by molar-refractivity contribution is 0.411. The van der Waals surface area contributed by atoms with Gasteiger partial charge in [0.25, 0.3) is 0 Å². The van der Waals surface area contributed by atoms with Crippen LogP contribution in [0.15, 0.2) is 24.5 Å². The number of rotatable bonds is 2. The molecule has 0 spiro atoms. The minimum atomic E-state index is 0.608. The van der Waals surface area contributed by atoms with Crippen LogP contribution in [0.3, 0.4) is 0 Å². The summed E-state index contributed by atoms with van der Waals surface area (Å²) in [4.78, 5) is 0. The van der Waals surface area contributed by atoms with Crippen LogP contribution >= 0.6 is 11.6 Å². The molecule has 72 valence electrons. The van der Waals surface area contributed by atoms with Crippen LogP contribution in [0.4, 0.5) is 0 Å².